The fraction of sp³-hybridized carbons (Fsp3) is 0.765. The smallest absolute Gasteiger partial charge is 0.246 e. The quantitative estimate of drug-likeness (QED) is 0.783. The molecule has 146 valence electrons. The van der Waals surface area contributed by atoms with E-state index in [2.05, 4.69) is 15.1 Å². The molecule has 1 amide bonds. The summed E-state index contributed by atoms with van der Waals surface area (Å²) in [5.41, 5.74) is 0.0639. The lowest BCUT2D eigenvalue weighted by Gasteiger charge is -2.47. The van der Waals surface area contributed by atoms with E-state index in [0.717, 1.165) is 45.3 Å². The fourth-order valence-electron chi connectivity index (χ4n) is 4.02. The third-order valence-corrected chi connectivity index (χ3v) is 7.54. The van der Waals surface area contributed by atoms with Crippen molar-refractivity contribution in [2.24, 2.45) is 5.41 Å². The minimum Gasteiger partial charge on any atom is -0.342 e. The van der Waals surface area contributed by atoms with Crippen LogP contribution in [0.25, 0.3) is 0 Å². The second-order valence-corrected chi connectivity index (χ2v) is 9.75. The SMILES string of the molecule is CN(C)CCCN1CC2(CCC1=O)CCN(S(=O)(=O)c1cn[nH]c1)CC2. The Kier molecular flexibility index (Phi) is 5.69. The van der Waals surface area contributed by atoms with Crippen LogP contribution in [-0.4, -0.2) is 85.4 Å². The summed E-state index contributed by atoms with van der Waals surface area (Å²) in [6.07, 6.45) is 6.81. The molecule has 0 radical (unpaired) electrons. The number of hydrogen-bond donors (Lipinski definition) is 1. The zero-order chi connectivity index (χ0) is 18.8. The Bertz CT molecular complexity index is 709. The van der Waals surface area contributed by atoms with Gasteiger partial charge in [-0.15, -0.1) is 0 Å². The van der Waals surface area contributed by atoms with E-state index in [-0.39, 0.29) is 16.2 Å². The second kappa shape index (κ2) is 7.66. The zero-order valence-corrected chi connectivity index (χ0v) is 16.5. The minimum atomic E-state index is -3.47. The van der Waals surface area contributed by atoms with Gasteiger partial charge in [-0.1, -0.05) is 0 Å². The van der Waals surface area contributed by atoms with Gasteiger partial charge in [0.15, 0.2) is 0 Å². The molecule has 0 bridgehead atoms. The van der Waals surface area contributed by atoms with Gasteiger partial charge in [-0.25, -0.2) is 8.42 Å². The molecule has 0 atom stereocenters. The highest BCUT2D eigenvalue weighted by Crippen LogP contribution is 2.41. The molecule has 9 heteroatoms. The number of carbonyl (C=O) groups excluding carboxylic acids is 1. The summed E-state index contributed by atoms with van der Waals surface area (Å²) in [4.78, 5) is 16.6. The number of aromatic nitrogens is 2. The van der Waals surface area contributed by atoms with Crippen LogP contribution in [0.4, 0.5) is 0 Å². The number of hydrogen-bond acceptors (Lipinski definition) is 5. The van der Waals surface area contributed by atoms with Crippen LogP contribution in [0.15, 0.2) is 17.3 Å². The standard InChI is InChI=1S/C17H29N5O3S/c1-20(2)8-3-9-21-14-17(5-4-16(21)23)6-10-22(11-7-17)26(24,25)15-12-18-19-13-15/h12-13H,3-11,14H2,1-2H3,(H,18,19). The molecule has 1 aromatic rings. The average Bonchev–Trinajstić information content (AvgIpc) is 3.14. The summed E-state index contributed by atoms with van der Waals surface area (Å²) >= 11 is 0. The van der Waals surface area contributed by atoms with Crippen LogP contribution in [0.3, 0.4) is 0 Å². The van der Waals surface area contributed by atoms with Crippen LogP contribution in [0, 0.1) is 5.41 Å². The van der Waals surface area contributed by atoms with Gasteiger partial charge >= 0.3 is 0 Å². The summed E-state index contributed by atoms with van der Waals surface area (Å²) in [5.74, 6) is 0.239. The number of nitrogens with zero attached hydrogens (tertiary/aromatic N) is 4. The van der Waals surface area contributed by atoms with Crippen molar-refractivity contribution in [1.29, 1.82) is 0 Å². The Morgan fingerprint density at radius 3 is 2.62 bits per heavy atom. The molecule has 1 spiro atoms. The van der Waals surface area contributed by atoms with Crippen molar-refractivity contribution >= 4 is 15.9 Å². The zero-order valence-electron chi connectivity index (χ0n) is 15.6. The van der Waals surface area contributed by atoms with Gasteiger partial charge in [0.2, 0.25) is 15.9 Å². The van der Waals surface area contributed by atoms with E-state index in [1.54, 1.807) is 4.31 Å². The lowest BCUT2D eigenvalue weighted by Crippen LogP contribution is -2.52. The van der Waals surface area contributed by atoms with E-state index in [4.69, 9.17) is 0 Å². The molecule has 2 aliphatic rings. The van der Waals surface area contributed by atoms with Gasteiger partial charge in [0.1, 0.15) is 4.90 Å². The topological polar surface area (TPSA) is 89.6 Å². The molecule has 2 saturated heterocycles. The summed E-state index contributed by atoms with van der Waals surface area (Å²) in [6.45, 7) is 3.53. The Balaban J connectivity index is 1.60. The van der Waals surface area contributed by atoms with Crippen LogP contribution in [0.1, 0.15) is 32.1 Å². The van der Waals surface area contributed by atoms with Crippen molar-refractivity contribution in [1.82, 2.24) is 24.3 Å². The van der Waals surface area contributed by atoms with Crippen molar-refractivity contribution in [3.63, 3.8) is 0 Å². The van der Waals surface area contributed by atoms with Gasteiger partial charge < -0.3 is 9.80 Å². The number of aromatic amines is 1. The molecular formula is C17H29N5O3S. The normalized spacial score (nSPS) is 21.7. The Morgan fingerprint density at radius 2 is 2.00 bits per heavy atom. The van der Waals surface area contributed by atoms with E-state index in [0.29, 0.717) is 19.5 Å². The average molecular weight is 384 g/mol. The lowest BCUT2D eigenvalue weighted by molar-refractivity contribution is -0.138. The van der Waals surface area contributed by atoms with Gasteiger partial charge in [0.05, 0.1) is 6.20 Å². The molecule has 26 heavy (non-hydrogen) atoms. The van der Waals surface area contributed by atoms with Crippen LogP contribution in [-0.2, 0) is 14.8 Å². The number of amides is 1. The van der Waals surface area contributed by atoms with Crippen LogP contribution in [0.5, 0.6) is 0 Å². The molecule has 0 unspecified atom stereocenters. The van der Waals surface area contributed by atoms with E-state index >= 15 is 0 Å². The van der Waals surface area contributed by atoms with Crippen molar-refractivity contribution in [2.75, 3.05) is 46.8 Å². The Labute approximate surface area is 155 Å². The maximum absolute atomic E-state index is 12.6. The molecule has 3 heterocycles. The molecule has 1 N–H and O–H groups in total. The van der Waals surface area contributed by atoms with Gasteiger partial charge in [-0.3, -0.25) is 9.89 Å². The minimum absolute atomic E-state index is 0.0639. The molecule has 0 aliphatic carbocycles. The van der Waals surface area contributed by atoms with E-state index < -0.39 is 10.0 Å². The number of nitrogens with one attached hydrogen (secondary N) is 1. The maximum atomic E-state index is 12.6. The maximum Gasteiger partial charge on any atom is 0.246 e. The molecular weight excluding hydrogens is 354 g/mol. The van der Waals surface area contributed by atoms with Gasteiger partial charge in [-0.2, -0.15) is 9.40 Å². The molecule has 2 fully saturated rings. The highest BCUT2D eigenvalue weighted by molar-refractivity contribution is 7.89. The highest BCUT2D eigenvalue weighted by atomic mass is 32.2. The second-order valence-electron chi connectivity index (χ2n) is 7.81. The van der Waals surface area contributed by atoms with Crippen molar-refractivity contribution in [3.8, 4) is 0 Å². The lowest BCUT2D eigenvalue weighted by atomic mass is 9.72. The van der Waals surface area contributed by atoms with Gasteiger partial charge in [-0.05, 0) is 51.7 Å². The molecule has 1 aromatic heterocycles. The van der Waals surface area contributed by atoms with Gasteiger partial charge in [0, 0.05) is 38.8 Å². The monoisotopic (exact) mass is 383 g/mol. The van der Waals surface area contributed by atoms with E-state index in [1.807, 2.05) is 19.0 Å². The number of carbonyl (C=O) groups is 1. The van der Waals surface area contributed by atoms with Crippen molar-refractivity contribution < 1.29 is 13.2 Å². The van der Waals surface area contributed by atoms with E-state index in [9.17, 15) is 13.2 Å². The first kappa shape index (κ1) is 19.3. The number of H-pyrrole nitrogens is 1. The third-order valence-electron chi connectivity index (χ3n) is 5.68. The molecule has 0 aromatic carbocycles. The third kappa shape index (κ3) is 4.10. The van der Waals surface area contributed by atoms with Crippen LogP contribution in [0.2, 0.25) is 0 Å². The summed E-state index contributed by atoms with van der Waals surface area (Å²) in [6, 6.07) is 0. The van der Waals surface area contributed by atoms with E-state index in [1.165, 1.54) is 12.4 Å². The molecule has 2 aliphatic heterocycles. The predicted octanol–water partition coefficient (Wildman–Crippen LogP) is 0.755. The number of piperidine rings is 2. The Hall–Kier alpha value is -1.45. The number of rotatable bonds is 6. The van der Waals surface area contributed by atoms with Crippen molar-refractivity contribution in [2.45, 2.75) is 37.0 Å². The number of sulfonamides is 1. The Morgan fingerprint density at radius 1 is 1.27 bits per heavy atom. The predicted molar refractivity (Wildman–Crippen MR) is 98.0 cm³/mol. The molecule has 8 nitrogen and oxygen atoms in total. The first-order chi connectivity index (χ1) is 12.3. The summed E-state index contributed by atoms with van der Waals surface area (Å²) in [7, 11) is 0.606. The van der Waals surface area contributed by atoms with Crippen molar-refractivity contribution in [3.05, 3.63) is 12.4 Å². The highest BCUT2D eigenvalue weighted by Gasteiger charge is 2.43. The summed E-state index contributed by atoms with van der Waals surface area (Å²) in [5, 5.41) is 6.31. The fourth-order valence-corrected chi connectivity index (χ4v) is 5.37. The molecule has 0 saturated carbocycles. The van der Waals surface area contributed by atoms with Gasteiger partial charge in [0.25, 0.3) is 0 Å². The first-order valence-corrected chi connectivity index (χ1v) is 10.7. The molecule has 3 rings (SSSR count). The van der Waals surface area contributed by atoms with Crippen LogP contribution < -0.4 is 0 Å². The summed E-state index contributed by atoms with van der Waals surface area (Å²) < 4.78 is 26.8. The first-order valence-electron chi connectivity index (χ1n) is 9.24. The van der Waals surface area contributed by atoms with Crippen LogP contribution >= 0.6 is 0 Å². The largest absolute Gasteiger partial charge is 0.342 e. The number of likely N-dealkylation sites (tertiary alicyclic amines) is 1.